The number of amidine groups is 1. The first-order chi connectivity index (χ1) is 19.6. The predicted molar refractivity (Wildman–Crippen MR) is 161 cm³/mol. The van der Waals surface area contributed by atoms with Gasteiger partial charge in [-0.2, -0.15) is 4.98 Å². The van der Waals surface area contributed by atoms with Gasteiger partial charge in [0.1, 0.15) is 0 Å². The summed E-state index contributed by atoms with van der Waals surface area (Å²) >= 11 is 0. The van der Waals surface area contributed by atoms with Crippen LogP contribution in [0.2, 0.25) is 0 Å². The standard InChI is InChI=1S/C31H28N6O3.CH4/c1-2-40-31-34-27-14-8-13-26(30(38)39)28(27)37(31)20-22-15-17-23(18-16-22)24-11-6-7-12-25(24)29(35-36-32)33-19-21-9-4-3-5-10-21;/h3-18H,2,19-20H2,1H3,(H,38,39)(H2,32,33,35);1H4. The molecule has 5 rings (SSSR count). The molecule has 41 heavy (non-hydrogen) atoms. The number of carboxylic acid groups (broad SMARTS) is 1. The molecule has 5 aromatic rings. The first-order valence-electron chi connectivity index (χ1n) is 12.8. The van der Waals surface area contributed by atoms with Crippen LogP contribution < -0.4 is 10.6 Å². The molecule has 1 aromatic heterocycles. The topological polar surface area (TPSA) is 127 Å². The minimum absolute atomic E-state index is 0. The second-order valence-electron chi connectivity index (χ2n) is 8.98. The van der Waals surface area contributed by atoms with E-state index in [1.54, 1.807) is 22.8 Å². The van der Waals surface area contributed by atoms with Crippen molar-refractivity contribution < 1.29 is 14.6 Å². The van der Waals surface area contributed by atoms with Crippen molar-refractivity contribution >= 4 is 22.8 Å². The summed E-state index contributed by atoms with van der Waals surface area (Å²) in [5.74, 6) is 4.86. The molecule has 0 unspecified atom stereocenters. The highest BCUT2D eigenvalue weighted by molar-refractivity contribution is 6.05. The number of carbonyl (C=O) groups is 1. The van der Waals surface area contributed by atoms with Gasteiger partial charge in [0.15, 0.2) is 5.84 Å². The number of benzene rings is 4. The average Bonchev–Trinajstić information content (AvgIpc) is 3.33. The van der Waals surface area contributed by atoms with Gasteiger partial charge < -0.3 is 15.7 Å². The van der Waals surface area contributed by atoms with Gasteiger partial charge in [-0.25, -0.2) is 4.79 Å². The molecule has 1 heterocycles. The third-order valence-corrected chi connectivity index (χ3v) is 6.42. The molecule has 0 saturated heterocycles. The Morgan fingerprint density at radius 2 is 1.61 bits per heavy atom. The molecule has 0 radical (unpaired) electrons. The van der Waals surface area contributed by atoms with Gasteiger partial charge in [0.25, 0.3) is 6.01 Å². The van der Waals surface area contributed by atoms with E-state index in [1.165, 1.54) is 0 Å². The largest absolute Gasteiger partial charge is 0.478 e. The van der Waals surface area contributed by atoms with Crippen molar-refractivity contribution in [2.45, 2.75) is 27.4 Å². The normalized spacial score (nSPS) is 11.5. The number of hydrogen-bond acceptors (Lipinski definition) is 5. The monoisotopic (exact) mass is 548 g/mol. The fourth-order valence-corrected chi connectivity index (χ4v) is 4.60. The van der Waals surface area contributed by atoms with Crippen LogP contribution in [0.3, 0.4) is 0 Å². The molecule has 0 amide bonds. The number of aliphatic imine (C=N–C) groups is 1. The summed E-state index contributed by atoms with van der Waals surface area (Å²) in [6.07, 6.45) is 0. The fourth-order valence-electron chi connectivity index (χ4n) is 4.60. The van der Waals surface area contributed by atoms with Gasteiger partial charge in [-0.3, -0.25) is 9.56 Å². The van der Waals surface area contributed by atoms with Crippen LogP contribution >= 0.6 is 0 Å². The van der Waals surface area contributed by atoms with Crippen molar-refractivity contribution in [3.8, 4) is 17.1 Å². The lowest BCUT2D eigenvalue weighted by Gasteiger charge is -2.12. The number of fused-ring (bicyclic) bond motifs is 1. The van der Waals surface area contributed by atoms with Gasteiger partial charge >= 0.3 is 5.97 Å². The van der Waals surface area contributed by atoms with Crippen LogP contribution in [0.5, 0.6) is 6.01 Å². The third kappa shape index (κ3) is 6.30. The van der Waals surface area contributed by atoms with E-state index in [2.05, 4.69) is 15.3 Å². The minimum atomic E-state index is -1.01. The Labute approximate surface area is 238 Å². The van der Waals surface area contributed by atoms with E-state index in [0.717, 1.165) is 27.8 Å². The Bertz CT molecular complexity index is 1690. The summed E-state index contributed by atoms with van der Waals surface area (Å²) in [5.41, 5.74) is 6.00. The highest BCUT2D eigenvalue weighted by Crippen LogP contribution is 2.29. The second kappa shape index (κ2) is 13.2. The lowest BCUT2D eigenvalue weighted by Crippen LogP contribution is -2.08. The molecule has 0 spiro atoms. The van der Waals surface area contributed by atoms with E-state index in [-0.39, 0.29) is 13.0 Å². The Kier molecular flexibility index (Phi) is 9.21. The summed E-state index contributed by atoms with van der Waals surface area (Å²) in [4.78, 5) is 21.2. The molecule has 0 atom stereocenters. The predicted octanol–water partition coefficient (Wildman–Crippen LogP) is 6.76. The maximum absolute atomic E-state index is 11.9. The van der Waals surface area contributed by atoms with Crippen LogP contribution in [0.1, 0.15) is 41.4 Å². The number of nitrogens with zero attached hydrogens (tertiary/aromatic N) is 5. The molecule has 0 bridgehead atoms. The molecule has 208 valence electrons. The number of carboxylic acids is 1. The molecule has 4 aromatic carbocycles. The highest BCUT2D eigenvalue weighted by Gasteiger charge is 2.19. The zero-order valence-corrected chi connectivity index (χ0v) is 21.9. The second-order valence-corrected chi connectivity index (χ2v) is 8.98. The van der Waals surface area contributed by atoms with E-state index in [4.69, 9.17) is 15.6 Å². The Balaban J connectivity index is 0.00000387. The summed E-state index contributed by atoms with van der Waals surface area (Å²) in [5, 5.41) is 17.4. The van der Waals surface area contributed by atoms with Crippen LogP contribution in [-0.4, -0.2) is 33.1 Å². The van der Waals surface area contributed by atoms with E-state index in [0.29, 0.717) is 42.6 Å². The van der Waals surface area contributed by atoms with Gasteiger partial charge in [0.05, 0.1) is 36.3 Å². The van der Waals surface area contributed by atoms with Crippen molar-refractivity contribution in [2.24, 2.45) is 21.2 Å². The molecular formula is C32H32N6O3. The number of imidazole rings is 1. The molecule has 0 saturated carbocycles. The summed E-state index contributed by atoms with van der Waals surface area (Å²) < 4.78 is 7.56. The summed E-state index contributed by atoms with van der Waals surface area (Å²) in [6.45, 7) is 3.12. The van der Waals surface area contributed by atoms with Gasteiger partial charge in [-0.1, -0.05) is 97.6 Å². The maximum atomic E-state index is 11.9. The van der Waals surface area contributed by atoms with E-state index in [9.17, 15) is 9.90 Å². The lowest BCUT2D eigenvalue weighted by molar-refractivity contribution is 0.0698. The van der Waals surface area contributed by atoms with Crippen molar-refractivity contribution in [1.82, 2.24) is 9.55 Å². The summed E-state index contributed by atoms with van der Waals surface area (Å²) in [7, 11) is 0. The SMILES string of the molecule is C.CCOc1nc2cccc(C(=O)O)c2n1Cc1ccc(-c2ccccc2C(N=NN)=NCc2ccccc2)cc1. The first kappa shape index (κ1) is 28.7. The minimum Gasteiger partial charge on any atom is -0.478 e. The van der Waals surface area contributed by atoms with Gasteiger partial charge in [0.2, 0.25) is 0 Å². The number of aromatic carboxylic acids is 1. The van der Waals surface area contributed by atoms with Gasteiger partial charge in [-0.05, 0) is 41.3 Å². The highest BCUT2D eigenvalue weighted by atomic mass is 16.5. The van der Waals surface area contributed by atoms with Crippen molar-refractivity contribution in [3.63, 3.8) is 0 Å². The Morgan fingerprint density at radius 1 is 0.902 bits per heavy atom. The van der Waals surface area contributed by atoms with Crippen LogP contribution in [-0.2, 0) is 13.1 Å². The average molecular weight is 549 g/mol. The number of rotatable bonds is 9. The van der Waals surface area contributed by atoms with Crippen LogP contribution in [0.15, 0.2) is 112 Å². The molecule has 3 N–H and O–H groups in total. The molecule has 0 aliphatic rings. The van der Waals surface area contributed by atoms with Crippen LogP contribution in [0, 0.1) is 0 Å². The van der Waals surface area contributed by atoms with Crippen molar-refractivity contribution in [3.05, 3.63) is 119 Å². The Hall–Kier alpha value is -5.31. The Morgan fingerprint density at radius 3 is 2.32 bits per heavy atom. The van der Waals surface area contributed by atoms with Crippen LogP contribution in [0.4, 0.5) is 0 Å². The first-order valence-corrected chi connectivity index (χ1v) is 12.8. The molecule has 0 fully saturated rings. The zero-order valence-electron chi connectivity index (χ0n) is 21.9. The van der Waals surface area contributed by atoms with Gasteiger partial charge in [-0.15, -0.1) is 5.11 Å². The molecule has 9 heteroatoms. The number of aromatic nitrogens is 2. The van der Waals surface area contributed by atoms with E-state index >= 15 is 0 Å². The maximum Gasteiger partial charge on any atom is 0.337 e. The molecular weight excluding hydrogens is 516 g/mol. The molecule has 0 aliphatic carbocycles. The fraction of sp³-hybridized carbons (Fsp3) is 0.156. The van der Waals surface area contributed by atoms with Crippen molar-refractivity contribution in [2.75, 3.05) is 6.61 Å². The number of hydrogen-bond donors (Lipinski definition) is 2. The lowest BCUT2D eigenvalue weighted by atomic mass is 9.98. The van der Waals surface area contributed by atoms with Gasteiger partial charge in [0, 0.05) is 5.56 Å². The third-order valence-electron chi connectivity index (χ3n) is 6.42. The van der Waals surface area contributed by atoms with E-state index in [1.807, 2.05) is 85.8 Å². The van der Waals surface area contributed by atoms with E-state index < -0.39 is 5.97 Å². The zero-order chi connectivity index (χ0) is 27.9. The number of nitrogens with two attached hydrogens (primary N) is 1. The van der Waals surface area contributed by atoms with Crippen molar-refractivity contribution in [1.29, 1.82) is 0 Å². The number of ether oxygens (including phenoxy) is 1. The van der Waals surface area contributed by atoms with Crippen LogP contribution in [0.25, 0.3) is 22.2 Å². The molecule has 0 aliphatic heterocycles. The number of para-hydroxylation sites is 1. The molecule has 9 nitrogen and oxygen atoms in total. The quantitative estimate of drug-likeness (QED) is 0.0692. The smallest absolute Gasteiger partial charge is 0.337 e. The summed E-state index contributed by atoms with van der Waals surface area (Å²) in [6, 6.07) is 31.2.